The van der Waals surface area contributed by atoms with Crippen LogP contribution in [-0.4, -0.2) is 3.25 Å². The van der Waals surface area contributed by atoms with Gasteiger partial charge in [-0.05, 0) is 7.43 Å². The van der Waals surface area contributed by atoms with E-state index >= 15 is 0 Å². The van der Waals surface area contributed by atoms with Crippen molar-refractivity contribution >= 4 is 46.4 Å². The molecule has 0 aliphatic carbocycles. The highest BCUT2D eigenvalue weighted by atomic mass is 35.6. The first kappa shape index (κ1) is 10.2. The van der Waals surface area contributed by atoms with Gasteiger partial charge in [0, 0.05) is 0 Å². The molecule has 0 heterocycles. The second-order valence-corrected chi connectivity index (χ2v) is 3.86. The molecule has 0 atom stereocenters. The molecule has 0 saturated heterocycles. The van der Waals surface area contributed by atoms with E-state index in [0.717, 1.165) is 0 Å². The number of alkyl halides is 4. The molecular weight excluding hydrogens is 166 g/mol. The summed E-state index contributed by atoms with van der Waals surface area (Å²) in [6.45, 7) is 0. The monoisotopic (exact) mass is 165 g/mol. The molecule has 0 bridgehead atoms. The Morgan fingerprint density at radius 2 is 0.833 bits per heavy atom. The van der Waals surface area contributed by atoms with Crippen molar-refractivity contribution < 1.29 is 0 Å². The van der Waals surface area contributed by atoms with E-state index < -0.39 is 3.25 Å². The van der Waals surface area contributed by atoms with Gasteiger partial charge in [0.1, 0.15) is 0 Å². The SMILES string of the molecule is ClC(Cl)(Cl)Cl.[CH]. The van der Waals surface area contributed by atoms with Crippen molar-refractivity contribution in [1.82, 2.24) is 0 Å². The van der Waals surface area contributed by atoms with E-state index in [1.165, 1.54) is 0 Å². The minimum absolute atomic E-state index is 0. The molecule has 4 heteroatoms. The summed E-state index contributed by atoms with van der Waals surface area (Å²) < 4.78 is -1.61. The van der Waals surface area contributed by atoms with Crippen LogP contribution in [0.2, 0.25) is 0 Å². The molecule has 0 amide bonds. The van der Waals surface area contributed by atoms with Crippen molar-refractivity contribution in [3.8, 4) is 0 Å². The predicted octanol–water partition coefficient (Wildman–Crippen LogP) is 2.76. The van der Waals surface area contributed by atoms with E-state index in [-0.39, 0.29) is 7.43 Å². The Bertz CT molecular complexity index is 21.0. The Hall–Kier alpha value is 1.16. The maximum Gasteiger partial charge on any atom is 0.266 e. The van der Waals surface area contributed by atoms with Crippen LogP contribution in [0.4, 0.5) is 0 Å². The van der Waals surface area contributed by atoms with Crippen molar-refractivity contribution in [3.63, 3.8) is 0 Å². The first-order chi connectivity index (χ1) is 2.00. The maximum absolute atomic E-state index is 4.83. The van der Waals surface area contributed by atoms with E-state index in [2.05, 4.69) is 0 Å². The first-order valence-corrected chi connectivity index (χ1v) is 2.27. The molecule has 0 unspecified atom stereocenters. The van der Waals surface area contributed by atoms with Crippen LogP contribution < -0.4 is 0 Å². The summed E-state index contributed by atoms with van der Waals surface area (Å²) in [7, 11) is 0. The lowest BCUT2D eigenvalue weighted by atomic mass is 11.8. The number of rotatable bonds is 0. The standard InChI is InChI=1S/CCl4.CH/c2-1(3,4)5;/h;1H. The molecule has 0 N–H and O–H groups in total. The van der Waals surface area contributed by atoms with Gasteiger partial charge in [-0.2, -0.15) is 0 Å². The fraction of sp³-hybridized carbons (Fsp3) is 0.500. The highest BCUT2D eigenvalue weighted by Crippen LogP contribution is 2.29. The van der Waals surface area contributed by atoms with Gasteiger partial charge < -0.3 is 0 Å². The summed E-state index contributed by atoms with van der Waals surface area (Å²) in [4.78, 5) is 0. The second-order valence-electron chi connectivity index (χ2n) is 0.429. The third kappa shape index (κ3) is 66.4. The van der Waals surface area contributed by atoms with Gasteiger partial charge in [0.15, 0.2) is 0 Å². The Balaban J connectivity index is 0. The molecule has 6 heavy (non-hydrogen) atoms. The van der Waals surface area contributed by atoms with Crippen LogP contribution in [0.15, 0.2) is 0 Å². The molecular formula is C2HCl4. The summed E-state index contributed by atoms with van der Waals surface area (Å²) >= 11 is 19.3. The highest BCUT2D eigenvalue weighted by molar-refractivity contribution is 6.83. The molecule has 0 nitrogen and oxygen atoms in total. The summed E-state index contributed by atoms with van der Waals surface area (Å²) in [6, 6.07) is 0. The quantitative estimate of drug-likeness (QED) is 0.486. The zero-order valence-corrected chi connectivity index (χ0v) is 5.61. The highest BCUT2D eigenvalue weighted by Gasteiger charge is 2.11. The molecule has 0 aromatic rings. The lowest BCUT2D eigenvalue weighted by Crippen LogP contribution is -1.81. The summed E-state index contributed by atoms with van der Waals surface area (Å²) in [5.74, 6) is 0. The molecule has 0 aliphatic heterocycles. The summed E-state index contributed by atoms with van der Waals surface area (Å²) in [5.41, 5.74) is 0. The van der Waals surface area contributed by atoms with E-state index in [0.29, 0.717) is 0 Å². The average Bonchev–Trinajstić information content (AvgIpc) is 0.722. The molecule has 3 radical (unpaired) electrons. The van der Waals surface area contributed by atoms with Crippen molar-refractivity contribution in [3.05, 3.63) is 7.43 Å². The van der Waals surface area contributed by atoms with E-state index in [9.17, 15) is 0 Å². The Morgan fingerprint density at radius 3 is 0.833 bits per heavy atom. The van der Waals surface area contributed by atoms with E-state index in [1.807, 2.05) is 0 Å². The Morgan fingerprint density at radius 1 is 0.833 bits per heavy atom. The first-order valence-electron chi connectivity index (χ1n) is 0.756. The number of halogens is 4. The number of hydrogen-bond acceptors (Lipinski definition) is 0. The van der Waals surface area contributed by atoms with Crippen LogP contribution in [0.25, 0.3) is 0 Å². The van der Waals surface area contributed by atoms with Gasteiger partial charge in [0.05, 0.1) is 0 Å². The zero-order chi connectivity index (χ0) is 4.50. The van der Waals surface area contributed by atoms with E-state index in [1.54, 1.807) is 0 Å². The minimum Gasteiger partial charge on any atom is -0.0664 e. The lowest BCUT2D eigenvalue weighted by Gasteiger charge is -1.91. The van der Waals surface area contributed by atoms with Crippen LogP contribution in [0.3, 0.4) is 0 Å². The van der Waals surface area contributed by atoms with Gasteiger partial charge in [0.25, 0.3) is 3.25 Å². The van der Waals surface area contributed by atoms with Gasteiger partial charge in [-0.15, -0.1) is 0 Å². The van der Waals surface area contributed by atoms with Crippen LogP contribution in [-0.2, 0) is 0 Å². The van der Waals surface area contributed by atoms with Crippen molar-refractivity contribution in [2.75, 3.05) is 0 Å². The second kappa shape index (κ2) is 3.20. The minimum atomic E-state index is -1.61. The van der Waals surface area contributed by atoms with Gasteiger partial charge in [-0.3, -0.25) is 0 Å². The van der Waals surface area contributed by atoms with Gasteiger partial charge in [-0.25, -0.2) is 0 Å². The molecule has 0 saturated carbocycles. The van der Waals surface area contributed by atoms with Crippen molar-refractivity contribution in [1.29, 1.82) is 0 Å². The normalized spacial score (nSPS) is 10.0. The van der Waals surface area contributed by atoms with Gasteiger partial charge in [-0.1, -0.05) is 46.4 Å². The van der Waals surface area contributed by atoms with E-state index in [4.69, 9.17) is 46.4 Å². The topological polar surface area (TPSA) is 0 Å². The number of hydrogen-bond donors (Lipinski definition) is 0. The fourth-order valence-electron chi connectivity index (χ4n) is 0. The molecule has 0 aromatic heterocycles. The average molecular weight is 167 g/mol. The molecule has 0 aromatic carbocycles. The Labute approximate surface area is 57.3 Å². The largest absolute Gasteiger partial charge is 0.266 e. The lowest BCUT2D eigenvalue weighted by molar-refractivity contribution is 1.76. The predicted molar refractivity (Wildman–Crippen MR) is 30.4 cm³/mol. The molecule has 0 aliphatic rings. The smallest absolute Gasteiger partial charge is 0.0664 e. The van der Waals surface area contributed by atoms with Crippen LogP contribution in [0.5, 0.6) is 0 Å². The van der Waals surface area contributed by atoms with Gasteiger partial charge in [0.2, 0.25) is 0 Å². The van der Waals surface area contributed by atoms with Crippen molar-refractivity contribution in [2.24, 2.45) is 0 Å². The molecule has 37 valence electrons. The van der Waals surface area contributed by atoms with Crippen molar-refractivity contribution in [2.45, 2.75) is 3.25 Å². The van der Waals surface area contributed by atoms with Crippen LogP contribution in [0, 0.1) is 7.43 Å². The summed E-state index contributed by atoms with van der Waals surface area (Å²) in [5, 5.41) is 0. The fourth-order valence-corrected chi connectivity index (χ4v) is 0. The maximum atomic E-state index is 4.83. The molecule has 0 spiro atoms. The molecule has 0 rings (SSSR count). The Kier molecular flexibility index (Phi) is 5.44. The summed E-state index contributed by atoms with van der Waals surface area (Å²) in [6.07, 6.45) is 0. The van der Waals surface area contributed by atoms with Gasteiger partial charge >= 0.3 is 0 Å². The molecule has 0 fully saturated rings. The zero-order valence-electron chi connectivity index (χ0n) is 2.59. The van der Waals surface area contributed by atoms with Crippen LogP contribution in [0.1, 0.15) is 0 Å². The van der Waals surface area contributed by atoms with Crippen LogP contribution >= 0.6 is 46.4 Å². The third-order valence-corrected chi connectivity index (χ3v) is 0. The third-order valence-electron chi connectivity index (χ3n) is 0.